The largest absolute Gasteiger partial charge is 0.371 e. The molecule has 1 aliphatic carbocycles. The molecule has 2 aromatic carbocycles. The third-order valence-corrected chi connectivity index (χ3v) is 9.01. The number of benzene rings is 2. The summed E-state index contributed by atoms with van der Waals surface area (Å²) in [6.07, 6.45) is 3.54. The topological polar surface area (TPSA) is 96.8 Å². The highest BCUT2D eigenvalue weighted by Gasteiger charge is 2.33. The van der Waals surface area contributed by atoms with Crippen LogP contribution in [0.3, 0.4) is 0 Å². The van der Waals surface area contributed by atoms with Gasteiger partial charge >= 0.3 is 0 Å². The number of hydrogen-bond donors (Lipinski definition) is 1. The van der Waals surface area contributed by atoms with Gasteiger partial charge in [-0.2, -0.15) is 5.10 Å². The lowest BCUT2D eigenvalue weighted by Crippen LogP contribution is -2.39. The third-order valence-electron chi connectivity index (χ3n) is 9.01. The number of rotatable bonds is 5. The molecule has 1 saturated heterocycles. The van der Waals surface area contributed by atoms with Gasteiger partial charge in [0.05, 0.1) is 17.7 Å². The van der Waals surface area contributed by atoms with Crippen LogP contribution in [-0.2, 0) is 11.2 Å². The van der Waals surface area contributed by atoms with Gasteiger partial charge in [0.2, 0.25) is 5.91 Å². The van der Waals surface area contributed by atoms with Crippen molar-refractivity contribution in [3.8, 4) is 11.3 Å². The summed E-state index contributed by atoms with van der Waals surface area (Å²) in [6, 6.07) is 15.4. The monoisotopic (exact) mass is 552 g/mol. The van der Waals surface area contributed by atoms with E-state index in [1.807, 2.05) is 41.0 Å². The Morgan fingerprint density at radius 2 is 1.85 bits per heavy atom. The first-order valence-corrected chi connectivity index (χ1v) is 14.4. The molecule has 2 fully saturated rings. The molecule has 8 nitrogen and oxygen atoms in total. The summed E-state index contributed by atoms with van der Waals surface area (Å²) in [7, 11) is 0. The number of nitrogens with zero attached hydrogens (tertiary/aromatic N) is 5. The second-order valence-electron chi connectivity index (χ2n) is 11.7. The normalized spacial score (nSPS) is 20.5. The van der Waals surface area contributed by atoms with Crippen LogP contribution < -0.4 is 10.6 Å². The van der Waals surface area contributed by atoms with E-state index < -0.39 is 0 Å². The Hall–Kier alpha value is -4.27. The lowest BCUT2D eigenvalue weighted by molar-refractivity contribution is -0.121. The van der Waals surface area contributed by atoms with E-state index >= 15 is 4.39 Å². The molecule has 0 spiro atoms. The number of aryl methyl sites for hydroxylation is 1. The van der Waals surface area contributed by atoms with Gasteiger partial charge < -0.3 is 15.5 Å². The van der Waals surface area contributed by atoms with E-state index in [0.29, 0.717) is 54.6 Å². The van der Waals surface area contributed by atoms with Crippen LogP contribution in [0.15, 0.2) is 48.5 Å². The Morgan fingerprint density at radius 1 is 1.05 bits per heavy atom. The van der Waals surface area contributed by atoms with E-state index in [0.717, 1.165) is 36.2 Å². The van der Waals surface area contributed by atoms with Crippen LogP contribution in [0.4, 0.5) is 10.1 Å². The van der Waals surface area contributed by atoms with Crippen molar-refractivity contribution in [1.29, 1.82) is 0 Å². The van der Waals surface area contributed by atoms with Gasteiger partial charge in [-0.25, -0.2) is 13.9 Å². The number of nitrogens with two attached hydrogens (primary N) is 1. The maximum Gasteiger partial charge on any atom is 0.273 e. The Balaban J connectivity index is 1.23. The molecule has 7 rings (SSSR count). The van der Waals surface area contributed by atoms with E-state index in [1.165, 1.54) is 17.2 Å². The summed E-state index contributed by atoms with van der Waals surface area (Å²) in [5.41, 5.74) is 12.2. The first kappa shape index (κ1) is 25.7. The first-order valence-electron chi connectivity index (χ1n) is 14.4. The van der Waals surface area contributed by atoms with E-state index in [4.69, 9.17) is 15.8 Å². The molecular weight excluding hydrogens is 519 g/mol. The molecule has 2 aromatic heterocycles. The summed E-state index contributed by atoms with van der Waals surface area (Å²) in [5.74, 6) is -0.701. The minimum atomic E-state index is -0.379. The summed E-state index contributed by atoms with van der Waals surface area (Å²) >= 11 is 0. The average Bonchev–Trinajstić information content (AvgIpc) is 3.51. The Kier molecular flexibility index (Phi) is 6.06. The van der Waals surface area contributed by atoms with Gasteiger partial charge in [0, 0.05) is 48.6 Å². The molecule has 1 saturated carbocycles. The van der Waals surface area contributed by atoms with E-state index in [9.17, 15) is 9.59 Å². The van der Waals surface area contributed by atoms with E-state index in [2.05, 4.69) is 19.1 Å². The predicted molar refractivity (Wildman–Crippen MR) is 154 cm³/mol. The number of primary amides is 1. The molecule has 2 N–H and O–H groups in total. The second-order valence-corrected chi connectivity index (χ2v) is 11.7. The molecule has 0 radical (unpaired) electrons. The molecular formula is C32H33FN6O2. The van der Waals surface area contributed by atoms with Crippen LogP contribution in [0.25, 0.3) is 16.9 Å². The Bertz CT molecular complexity index is 1690. The molecule has 9 heteroatoms. The molecule has 2 amide bonds. The van der Waals surface area contributed by atoms with E-state index in [-0.39, 0.29) is 29.6 Å². The van der Waals surface area contributed by atoms with Crippen molar-refractivity contribution in [3.05, 3.63) is 82.4 Å². The Morgan fingerprint density at radius 3 is 2.59 bits per heavy atom. The summed E-state index contributed by atoms with van der Waals surface area (Å²) in [6.45, 7) is 5.73. The number of halogens is 1. The van der Waals surface area contributed by atoms with Crippen LogP contribution in [-0.4, -0.2) is 50.9 Å². The summed E-state index contributed by atoms with van der Waals surface area (Å²) in [5, 5.41) is 4.80. The lowest BCUT2D eigenvalue weighted by Gasteiger charge is -2.35. The maximum atomic E-state index is 15.7. The van der Waals surface area contributed by atoms with Gasteiger partial charge in [-0.1, -0.05) is 24.3 Å². The zero-order chi connectivity index (χ0) is 28.4. The number of hydrogen-bond acceptors (Lipinski definition) is 5. The van der Waals surface area contributed by atoms with Crippen LogP contribution >= 0.6 is 0 Å². The number of amides is 2. The molecule has 2 aliphatic heterocycles. The van der Waals surface area contributed by atoms with Crippen LogP contribution in [0.5, 0.6) is 0 Å². The number of carbonyl (C=O) groups is 2. The highest BCUT2D eigenvalue weighted by molar-refractivity contribution is 5.93. The summed E-state index contributed by atoms with van der Waals surface area (Å²) < 4.78 is 17.5. The lowest BCUT2D eigenvalue weighted by atomic mass is 9.93. The van der Waals surface area contributed by atoms with Crippen molar-refractivity contribution in [1.82, 2.24) is 19.5 Å². The van der Waals surface area contributed by atoms with Crippen molar-refractivity contribution >= 4 is 23.1 Å². The van der Waals surface area contributed by atoms with Gasteiger partial charge in [0.15, 0.2) is 5.65 Å². The van der Waals surface area contributed by atoms with Gasteiger partial charge in [0.1, 0.15) is 11.5 Å². The van der Waals surface area contributed by atoms with Crippen molar-refractivity contribution in [3.63, 3.8) is 0 Å². The van der Waals surface area contributed by atoms with Crippen molar-refractivity contribution < 1.29 is 14.0 Å². The molecule has 2 atom stereocenters. The Labute approximate surface area is 238 Å². The van der Waals surface area contributed by atoms with Crippen molar-refractivity contribution in [2.75, 3.05) is 24.5 Å². The average molecular weight is 553 g/mol. The number of fused-ring (bicyclic) bond motifs is 2. The van der Waals surface area contributed by atoms with Gasteiger partial charge in [-0.3, -0.25) is 9.59 Å². The molecule has 3 aliphatic rings. The summed E-state index contributed by atoms with van der Waals surface area (Å²) in [4.78, 5) is 34.1. The highest BCUT2D eigenvalue weighted by atomic mass is 19.1. The SMILES string of the molecule is Cc1cc(N2CCC(C(N)=O)C2)cc(F)c1-c1cc2nc(C(=O)N3CCc4ccccc4[C@H]3C)cc(C3CC3)n2n1. The number of anilines is 1. The van der Waals surface area contributed by atoms with Gasteiger partial charge in [0.25, 0.3) is 5.91 Å². The smallest absolute Gasteiger partial charge is 0.273 e. The zero-order valence-electron chi connectivity index (χ0n) is 23.3. The molecule has 41 heavy (non-hydrogen) atoms. The third kappa shape index (κ3) is 4.44. The molecule has 4 heterocycles. The maximum absolute atomic E-state index is 15.7. The molecule has 4 aromatic rings. The standard InChI is InChI=1S/C32H33FN6O2/c1-18-13-23(37-11-9-22(17-37)31(34)40)14-25(33)30(18)26-16-29-35-27(15-28(21-7-8-21)39(29)36-26)32(41)38-12-10-20-5-3-4-6-24(20)19(38)2/h3-6,13-16,19,21-22H,7-12,17H2,1-2H3,(H2,34,40)/t19-,22?/m1/s1. The fourth-order valence-corrected chi connectivity index (χ4v) is 6.56. The fourth-order valence-electron chi connectivity index (χ4n) is 6.56. The van der Waals surface area contributed by atoms with Crippen LogP contribution in [0.1, 0.15) is 71.0 Å². The molecule has 0 bridgehead atoms. The minimum Gasteiger partial charge on any atom is -0.371 e. The first-order chi connectivity index (χ1) is 19.8. The van der Waals surface area contributed by atoms with Crippen molar-refractivity contribution in [2.45, 2.75) is 51.5 Å². The predicted octanol–water partition coefficient (Wildman–Crippen LogP) is 4.79. The number of carbonyl (C=O) groups excluding carboxylic acids is 2. The fraction of sp³-hybridized carbons (Fsp3) is 0.375. The molecule has 1 unspecified atom stereocenters. The second kappa shape index (κ2) is 9.68. The quantitative estimate of drug-likeness (QED) is 0.384. The zero-order valence-corrected chi connectivity index (χ0v) is 23.3. The van der Waals surface area contributed by atoms with Crippen LogP contribution in [0, 0.1) is 18.7 Å². The minimum absolute atomic E-state index is 0.0422. The van der Waals surface area contributed by atoms with E-state index in [1.54, 1.807) is 10.6 Å². The van der Waals surface area contributed by atoms with Crippen LogP contribution in [0.2, 0.25) is 0 Å². The van der Waals surface area contributed by atoms with Gasteiger partial charge in [-0.05, 0) is 74.4 Å². The number of aromatic nitrogens is 3. The van der Waals surface area contributed by atoms with Crippen molar-refractivity contribution in [2.24, 2.45) is 11.7 Å². The van der Waals surface area contributed by atoms with Gasteiger partial charge in [-0.15, -0.1) is 0 Å². The molecule has 210 valence electrons. The highest BCUT2D eigenvalue weighted by Crippen LogP contribution is 2.41.